The summed E-state index contributed by atoms with van der Waals surface area (Å²) in [6.07, 6.45) is 1.59. The van der Waals surface area contributed by atoms with Gasteiger partial charge >= 0.3 is 0 Å². The van der Waals surface area contributed by atoms with E-state index in [4.69, 9.17) is 0 Å². The average molecular weight is 323 g/mol. The van der Waals surface area contributed by atoms with Gasteiger partial charge in [0.2, 0.25) is 5.56 Å². The number of aromatic amines is 1. The Kier molecular flexibility index (Phi) is 3.41. The summed E-state index contributed by atoms with van der Waals surface area (Å²) in [6.45, 7) is 2.56. The minimum Gasteiger partial charge on any atom is -0.347 e. The summed E-state index contributed by atoms with van der Waals surface area (Å²) in [7, 11) is 0. The van der Waals surface area contributed by atoms with E-state index < -0.39 is 0 Å². The first kappa shape index (κ1) is 14.6. The predicted octanol–water partition coefficient (Wildman–Crippen LogP) is 1.17. The molecule has 7 heteroatoms. The molecule has 2 aromatic heterocycles. The molecule has 1 amide bonds. The highest BCUT2D eigenvalue weighted by Gasteiger charge is 2.23. The Morgan fingerprint density at radius 3 is 3.04 bits per heavy atom. The summed E-state index contributed by atoms with van der Waals surface area (Å²) in [5.74, 6) is 1.58. The molecule has 0 aliphatic carbocycles. The minimum absolute atomic E-state index is 0.00208. The van der Waals surface area contributed by atoms with E-state index >= 15 is 0 Å². The number of nitrogens with zero attached hydrogens (tertiary/aromatic N) is 3. The highest BCUT2D eigenvalue weighted by Crippen LogP contribution is 2.17. The lowest BCUT2D eigenvalue weighted by Gasteiger charge is -2.25. The highest BCUT2D eigenvalue weighted by atomic mass is 16.2. The van der Waals surface area contributed by atoms with Crippen molar-refractivity contribution < 1.29 is 4.79 Å². The molecule has 3 heterocycles. The van der Waals surface area contributed by atoms with Crippen LogP contribution in [0.2, 0.25) is 0 Å². The van der Waals surface area contributed by atoms with E-state index in [0.717, 1.165) is 29.9 Å². The predicted molar refractivity (Wildman–Crippen MR) is 88.9 cm³/mol. The number of aryl methyl sites for hydroxylation is 2. The van der Waals surface area contributed by atoms with Gasteiger partial charge in [-0.25, -0.2) is 0 Å². The second kappa shape index (κ2) is 5.59. The Labute approximate surface area is 137 Å². The number of H-pyrrole nitrogens is 1. The normalized spacial score (nSPS) is 16.8. The number of benzene rings is 1. The molecule has 7 nitrogen and oxygen atoms in total. The number of rotatable bonds is 2. The van der Waals surface area contributed by atoms with Crippen LogP contribution in [0.5, 0.6) is 0 Å². The molecule has 4 rings (SSSR count). The van der Waals surface area contributed by atoms with Gasteiger partial charge in [-0.3, -0.25) is 9.59 Å². The van der Waals surface area contributed by atoms with Gasteiger partial charge in [0.25, 0.3) is 5.91 Å². The van der Waals surface area contributed by atoms with Crippen molar-refractivity contribution >= 4 is 16.8 Å². The summed E-state index contributed by atoms with van der Waals surface area (Å²) in [6, 6.07) is 8.67. The molecule has 1 atom stereocenters. The van der Waals surface area contributed by atoms with E-state index in [0.29, 0.717) is 17.6 Å². The second-order valence-electron chi connectivity index (χ2n) is 6.08. The molecule has 0 spiro atoms. The minimum atomic E-state index is -0.278. The number of hydrogen-bond donors (Lipinski definition) is 2. The average Bonchev–Trinajstić information content (AvgIpc) is 2.95. The monoisotopic (exact) mass is 323 g/mol. The van der Waals surface area contributed by atoms with E-state index in [9.17, 15) is 9.59 Å². The molecule has 0 fully saturated rings. The Bertz CT molecular complexity index is 988. The Hall–Kier alpha value is -2.96. The van der Waals surface area contributed by atoms with Crippen molar-refractivity contribution in [1.29, 1.82) is 0 Å². The molecule has 0 saturated carbocycles. The molecule has 0 unspecified atom stereocenters. The zero-order chi connectivity index (χ0) is 16.7. The largest absolute Gasteiger partial charge is 0.347 e. The lowest BCUT2D eigenvalue weighted by Crippen LogP contribution is -2.41. The molecular formula is C17H17N5O2. The molecule has 3 aromatic rings. The van der Waals surface area contributed by atoms with Crippen molar-refractivity contribution in [1.82, 2.24) is 25.1 Å². The van der Waals surface area contributed by atoms with Gasteiger partial charge in [0, 0.05) is 36.0 Å². The first-order valence-electron chi connectivity index (χ1n) is 7.93. The third-order valence-corrected chi connectivity index (χ3v) is 4.46. The van der Waals surface area contributed by atoms with Gasteiger partial charge in [0.05, 0.1) is 5.56 Å². The Morgan fingerprint density at radius 2 is 2.17 bits per heavy atom. The zero-order valence-electron chi connectivity index (χ0n) is 13.2. The molecule has 1 aromatic carbocycles. The summed E-state index contributed by atoms with van der Waals surface area (Å²) in [5.41, 5.74) is 0.788. The van der Waals surface area contributed by atoms with Crippen molar-refractivity contribution in [2.45, 2.75) is 32.4 Å². The Morgan fingerprint density at radius 1 is 1.33 bits per heavy atom. The van der Waals surface area contributed by atoms with Gasteiger partial charge in [0.15, 0.2) is 0 Å². The molecule has 2 N–H and O–H groups in total. The van der Waals surface area contributed by atoms with Crippen LogP contribution < -0.4 is 10.9 Å². The van der Waals surface area contributed by atoms with Crippen LogP contribution in [-0.2, 0) is 13.0 Å². The van der Waals surface area contributed by atoms with Crippen molar-refractivity contribution in [3.63, 3.8) is 0 Å². The number of para-hydroxylation sites is 1. The van der Waals surface area contributed by atoms with Crippen molar-refractivity contribution in [3.05, 3.63) is 57.9 Å². The Balaban J connectivity index is 1.62. The van der Waals surface area contributed by atoms with Crippen LogP contribution in [0, 0.1) is 6.92 Å². The van der Waals surface area contributed by atoms with Crippen LogP contribution >= 0.6 is 0 Å². The fraction of sp³-hybridized carbons (Fsp3) is 0.294. The maximum Gasteiger partial charge on any atom is 0.252 e. The van der Waals surface area contributed by atoms with Crippen molar-refractivity contribution in [2.24, 2.45) is 0 Å². The van der Waals surface area contributed by atoms with Crippen LogP contribution in [0.4, 0.5) is 0 Å². The van der Waals surface area contributed by atoms with Crippen LogP contribution in [0.1, 0.15) is 28.4 Å². The fourth-order valence-corrected chi connectivity index (χ4v) is 3.24. The molecule has 0 radical (unpaired) electrons. The van der Waals surface area contributed by atoms with Crippen LogP contribution in [-0.4, -0.2) is 31.7 Å². The SMILES string of the molecule is Cc1nnc2n1C[C@@H](NC(=O)c1cc(=O)[nH]c3ccccc13)CC2. The van der Waals surface area contributed by atoms with Crippen molar-refractivity contribution in [2.75, 3.05) is 0 Å². The van der Waals surface area contributed by atoms with E-state index in [1.807, 2.05) is 29.7 Å². The topological polar surface area (TPSA) is 92.7 Å². The van der Waals surface area contributed by atoms with Gasteiger partial charge in [-0.05, 0) is 19.4 Å². The smallest absolute Gasteiger partial charge is 0.252 e. The first-order chi connectivity index (χ1) is 11.6. The van der Waals surface area contributed by atoms with E-state index in [2.05, 4.69) is 20.5 Å². The molecule has 1 aliphatic rings. The quantitative estimate of drug-likeness (QED) is 0.740. The van der Waals surface area contributed by atoms with E-state index in [1.54, 1.807) is 6.07 Å². The number of hydrogen-bond acceptors (Lipinski definition) is 4. The highest BCUT2D eigenvalue weighted by molar-refractivity contribution is 6.06. The summed E-state index contributed by atoms with van der Waals surface area (Å²) in [4.78, 5) is 27.3. The molecule has 122 valence electrons. The first-order valence-corrected chi connectivity index (χ1v) is 7.93. The molecule has 24 heavy (non-hydrogen) atoms. The molecular weight excluding hydrogens is 306 g/mol. The number of aromatic nitrogens is 4. The van der Waals surface area contributed by atoms with Gasteiger partial charge in [-0.15, -0.1) is 10.2 Å². The number of carbonyl (C=O) groups excluding carboxylic acids is 1. The maximum absolute atomic E-state index is 12.7. The summed E-state index contributed by atoms with van der Waals surface area (Å²) in [5, 5.41) is 12.0. The third kappa shape index (κ3) is 2.47. The van der Waals surface area contributed by atoms with Gasteiger partial charge in [-0.2, -0.15) is 0 Å². The van der Waals surface area contributed by atoms with Gasteiger partial charge < -0.3 is 14.9 Å². The zero-order valence-corrected chi connectivity index (χ0v) is 13.2. The van der Waals surface area contributed by atoms with E-state index in [-0.39, 0.29) is 17.5 Å². The number of pyridine rings is 1. The molecule has 0 saturated heterocycles. The lowest BCUT2D eigenvalue weighted by molar-refractivity contribution is 0.0929. The maximum atomic E-state index is 12.7. The summed E-state index contributed by atoms with van der Waals surface area (Å²) >= 11 is 0. The van der Waals surface area contributed by atoms with E-state index in [1.165, 1.54) is 6.07 Å². The van der Waals surface area contributed by atoms with Gasteiger partial charge in [-0.1, -0.05) is 18.2 Å². The standard InChI is InChI=1S/C17H17N5O2/c1-10-20-21-15-7-6-11(9-22(10)15)18-17(24)13-8-16(23)19-14-5-3-2-4-12(13)14/h2-5,8,11H,6-7,9H2,1H3,(H,18,24)(H,19,23)/t11-/m0/s1. The van der Waals surface area contributed by atoms with Crippen LogP contribution in [0.25, 0.3) is 10.9 Å². The number of amides is 1. The summed E-state index contributed by atoms with van der Waals surface area (Å²) < 4.78 is 2.03. The third-order valence-electron chi connectivity index (χ3n) is 4.46. The van der Waals surface area contributed by atoms with Crippen LogP contribution in [0.3, 0.4) is 0 Å². The second-order valence-corrected chi connectivity index (χ2v) is 6.08. The number of fused-ring (bicyclic) bond motifs is 2. The van der Waals surface area contributed by atoms with Crippen LogP contribution in [0.15, 0.2) is 35.1 Å². The number of nitrogens with one attached hydrogen (secondary N) is 2. The molecule has 0 bridgehead atoms. The van der Waals surface area contributed by atoms with Crippen molar-refractivity contribution in [3.8, 4) is 0 Å². The fourth-order valence-electron chi connectivity index (χ4n) is 3.24. The van der Waals surface area contributed by atoms with Gasteiger partial charge in [0.1, 0.15) is 11.6 Å². The number of carbonyl (C=O) groups is 1. The lowest BCUT2D eigenvalue weighted by atomic mass is 10.0. The molecule has 1 aliphatic heterocycles.